The summed E-state index contributed by atoms with van der Waals surface area (Å²) in [5.74, 6) is 0. The van der Waals surface area contributed by atoms with E-state index >= 15 is 0 Å². The minimum Gasteiger partial charge on any atom is -0.379 e. The van der Waals surface area contributed by atoms with Crippen molar-refractivity contribution >= 4 is 10.2 Å². The van der Waals surface area contributed by atoms with E-state index in [9.17, 15) is 8.42 Å². The molecule has 17 heavy (non-hydrogen) atoms. The van der Waals surface area contributed by atoms with Gasteiger partial charge in [0.1, 0.15) is 0 Å². The van der Waals surface area contributed by atoms with Gasteiger partial charge in [-0.15, -0.1) is 0 Å². The fourth-order valence-electron chi connectivity index (χ4n) is 1.94. The lowest BCUT2D eigenvalue weighted by Crippen LogP contribution is -2.48. The molecule has 1 aliphatic heterocycles. The van der Waals surface area contributed by atoms with Crippen LogP contribution in [0.25, 0.3) is 0 Å². The second kappa shape index (κ2) is 7.27. The van der Waals surface area contributed by atoms with Gasteiger partial charge in [0.2, 0.25) is 0 Å². The summed E-state index contributed by atoms with van der Waals surface area (Å²) in [6, 6.07) is 0.0891. The molecule has 0 aromatic carbocycles. The predicted octanol–water partition coefficient (Wildman–Crippen LogP) is -0.329. The third-order valence-electron chi connectivity index (χ3n) is 2.84. The van der Waals surface area contributed by atoms with Gasteiger partial charge in [0.15, 0.2) is 0 Å². The first kappa shape index (κ1) is 14.8. The second-order valence-electron chi connectivity index (χ2n) is 4.26. The molecule has 1 atom stereocenters. The molecule has 3 N–H and O–H groups in total. The number of hydrogen-bond acceptors (Lipinski definition) is 4. The Hall–Kier alpha value is -0.210. The zero-order valence-electron chi connectivity index (χ0n) is 10.4. The molecule has 1 fully saturated rings. The van der Waals surface area contributed by atoms with E-state index in [1.807, 2.05) is 6.92 Å². The molecular weight excluding hydrogens is 242 g/mol. The highest BCUT2D eigenvalue weighted by Crippen LogP contribution is 2.18. The van der Waals surface area contributed by atoms with Crippen LogP contribution in [0.1, 0.15) is 26.2 Å². The molecule has 0 spiro atoms. The van der Waals surface area contributed by atoms with Gasteiger partial charge in [-0.2, -0.15) is 17.4 Å². The molecule has 1 rings (SSSR count). The maximum absolute atomic E-state index is 12.0. The number of nitrogens with zero attached hydrogens (tertiary/aromatic N) is 1. The van der Waals surface area contributed by atoms with Gasteiger partial charge < -0.3 is 10.5 Å². The van der Waals surface area contributed by atoms with Crippen molar-refractivity contribution in [1.82, 2.24) is 9.03 Å². The Morgan fingerprint density at radius 3 is 2.82 bits per heavy atom. The average Bonchev–Trinajstić information content (AvgIpc) is 2.29. The quantitative estimate of drug-likeness (QED) is 0.617. The largest absolute Gasteiger partial charge is 0.379 e. The SMILES string of the molecule is CC1CCCCN1S(=O)(=O)NCCOCCN. The highest BCUT2D eigenvalue weighted by molar-refractivity contribution is 7.87. The monoisotopic (exact) mass is 265 g/mol. The lowest BCUT2D eigenvalue weighted by Gasteiger charge is -2.32. The van der Waals surface area contributed by atoms with E-state index in [4.69, 9.17) is 10.5 Å². The number of ether oxygens (including phenoxy) is 1. The number of hydrogen-bond donors (Lipinski definition) is 2. The Balaban J connectivity index is 2.34. The zero-order chi connectivity index (χ0) is 12.7. The first-order valence-corrected chi connectivity index (χ1v) is 7.56. The maximum atomic E-state index is 12.0. The Kier molecular flexibility index (Phi) is 6.35. The molecule has 0 bridgehead atoms. The van der Waals surface area contributed by atoms with Gasteiger partial charge in [-0.25, -0.2) is 0 Å². The third kappa shape index (κ3) is 4.89. The molecule has 0 radical (unpaired) electrons. The Morgan fingerprint density at radius 2 is 2.18 bits per heavy atom. The number of nitrogens with one attached hydrogen (secondary N) is 1. The topological polar surface area (TPSA) is 84.7 Å². The maximum Gasteiger partial charge on any atom is 0.279 e. The van der Waals surface area contributed by atoms with Crippen LogP contribution in [-0.2, 0) is 14.9 Å². The Labute approximate surface area is 104 Å². The van der Waals surface area contributed by atoms with Crippen LogP contribution in [0, 0.1) is 0 Å². The molecule has 7 heteroatoms. The van der Waals surface area contributed by atoms with E-state index in [0.717, 1.165) is 19.3 Å². The van der Waals surface area contributed by atoms with Crippen molar-refractivity contribution in [2.45, 2.75) is 32.2 Å². The molecule has 1 unspecified atom stereocenters. The van der Waals surface area contributed by atoms with Crippen molar-refractivity contribution in [3.05, 3.63) is 0 Å². The average molecular weight is 265 g/mol. The molecule has 0 saturated carbocycles. The predicted molar refractivity (Wildman–Crippen MR) is 66.8 cm³/mol. The number of nitrogens with two attached hydrogens (primary N) is 1. The lowest BCUT2D eigenvalue weighted by atomic mass is 10.1. The van der Waals surface area contributed by atoms with Gasteiger partial charge in [-0.1, -0.05) is 6.42 Å². The molecule has 0 aromatic heterocycles. The number of rotatable bonds is 7. The summed E-state index contributed by atoms with van der Waals surface area (Å²) >= 11 is 0. The first-order valence-electron chi connectivity index (χ1n) is 6.12. The van der Waals surface area contributed by atoms with Crippen LogP contribution in [0.4, 0.5) is 0 Å². The van der Waals surface area contributed by atoms with Crippen LogP contribution >= 0.6 is 0 Å². The summed E-state index contributed by atoms with van der Waals surface area (Å²) in [5.41, 5.74) is 5.26. The molecule has 102 valence electrons. The first-order chi connectivity index (χ1) is 8.08. The van der Waals surface area contributed by atoms with Gasteiger partial charge in [-0.05, 0) is 19.8 Å². The summed E-state index contributed by atoms with van der Waals surface area (Å²) in [4.78, 5) is 0. The summed E-state index contributed by atoms with van der Waals surface area (Å²) in [6.07, 6.45) is 2.98. The summed E-state index contributed by atoms with van der Waals surface area (Å²) in [7, 11) is -3.35. The fourth-order valence-corrected chi connectivity index (χ4v) is 3.40. The lowest BCUT2D eigenvalue weighted by molar-refractivity contribution is 0.146. The van der Waals surface area contributed by atoms with Crippen molar-refractivity contribution in [2.24, 2.45) is 5.73 Å². The normalized spacial score (nSPS) is 22.8. The minimum absolute atomic E-state index is 0.0891. The zero-order valence-corrected chi connectivity index (χ0v) is 11.2. The van der Waals surface area contributed by atoms with Gasteiger partial charge in [0, 0.05) is 25.7 Å². The van der Waals surface area contributed by atoms with Crippen molar-refractivity contribution in [1.29, 1.82) is 0 Å². The van der Waals surface area contributed by atoms with Crippen molar-refractivity contribution in [3.8, 4) is 0 Å². The van der Waals surface area contributed by atoms with Crippen molar-refractivity contribution < 1.29 is 13.2 Å². The van der Waals surface area contributed by atoms with Gasteiger partial charge in [0.25, 0.3) is 10.2 Å². The molecule has 1 saturated heterocycles. The molecule has 6 nitrogen and oxygen atoms in total. The van der Waals surface area contributed by atoms with E-state index in [-0.39, 0.29) is 6.04 Å². The minimum atomic E-state index is -3.35. The fraction of sp³-hybridized carbons (Fsp3) is 1.00. The summed E-state index contributed by atoms with van der Waals surface area (Å²) in [5, 5.41) is 0. The van der Waals surface area contributed by atoms with E-state index < -0.39 is 10.2 Å². The standard InChI is InChI=1S/C10H23N3O3S/c1-10-4-2-3-7-13(10)17(14,15)12-6-9-16-8-5-11/h10,12H,2-9,11H2,1H3. The van der Waals surface area contributed by atoms with Crippen LogP contribution in [-0.4, -0.2) is 51.6 Å². The van der Waals surface area contributed by atoms with E-state index in [2.05, 4.69) is 4.72 Å². The molecular formula is C10H23N3O3S. The summed E-state index contributed by atoms with van der Waals surface area (Å²) < 4.78 is 33.1. The van der Waals surface area contributed by atoms with Crippen LogP contribution in [0.15, 0.2) is 0 Å². The highest BCUT2D eigenvalue weighted by atomic mass is 32.2. The number of piperidine rings is 1. The third-order valence-corrected chi connectivity index (χ3v) is 4.57. The Bertz CT molecular complexity index is 308. The molecule has 0 aromatic rings. The van der Waals surface area contributed by atoms with Crippen LogP contribution < -0.4 is 10.5 Å². The van der Waals surface area contributed by atoms with Crippen molar-refractivity contribution in [3.63, 3.8) is 0 Å². The van der Waals surface area contributed by atoms with E-state index in [0.29, 0.717) is 32.8 Å². The molecule has 0 aliphatic carbocycles. The van der Waals surface area contributed by atoms with Crippen LogP contribution in [0.3, 0.4) is 0 Å². The molecule has 0 amide bonds. The second-order valence-corrected chi connectivity index (χ2v) is 5.96. The van der Waals surface area contributed by atoms with E-state index in [1.54, 1.807) is 4.31 Å². The molecule has 1 aliphatic rings. The van der Waals surface area contributed by atoms with Crippen molar-refractivity contribution in [2.75, 3.05) is 32.8 Å². The molecule has 1 heterocycles. The van der Waals surface area contributed by atoms with E-state index in [1.165, 1.54) is 0 Å². The van der Waals surface area contributed by atoms with Gasteiger partial charge in [-0.3, -0.25) is 0 Å². The van der Waals surface area contributed by atoms with Crippen LogP contribution in [0.2, 0.25) is 0 Å². The smallest absolute Gasteiger partial charge is 0.279 e. The highest BCUT2D eigenvalue weighted by Gasteiger charge is 2.28. The van der Waals surface area contributed by atoms with Gasteiger partial charge in [0.05, 0.1) is 13.2 Å². The Morgan fingerprint density at radius 1 is 1.41 bits per heavy atom. The summed E-state index contributed by atoms with van der Waals surface area (Å²) in [6.45, 7) is 4.13. The van der Waals surface area contributed by atoms with Gasteiger partial charge >= 0.3 is 0 Å². The van der Waals surface area contributed by atoms with Crippen LogP contribution in [0.5, 0.6) is 0 Å².